The van der Waals surface area contributed by atoms with E-state index in [4.69, 9.17) is 6.57 Å². The van der Waals surface area contributed by atoms with E-state index in [1.54, 1.807) is 0 Å². The van der Waals surface area contributed by atoms with Crippen LogP contribution in [0, 0.1) is 57.3 Å². The van der Waals surface area contributed by atoms with E-state index in [0.717, 1.165) is 43.9 Å². The number of carbonyl (C=O) groups is 2. The number of hydrogen-bond donors (Lipinski definition) is 1. The monoisotopic (exact) mass is 540 g/mol. The van der Waals surface area contributed by atoms with E-state index < -0.39 is 31.8 Å². The fourth-order valence-electron chi connectivity index (χ4n) is 10.1. The summed E-state index contributed by atoms with van der Waals surface area (Å²) in [6, 6.07) is 0. The number of ketones is 2. The maximum Gasteiger partial charge on any atom is 0.226 e. The van der Waals surface area contributed by atoms with Crippen molar-refractivity contribution in [1.82, 2.24) is 4.72 Å². The van der Waals surface area contributed by atoms with E-state index in [1.165, 1.54) is 6.26 Å². The quantitative estimate of drug-likeness (QED) is 0.445. The molecule has 5 rings (SSSR count). The van der Waals surface area contributed by atoms with Crippen LogP contribution in [0.25, 0.3) is 4.85 Å². The molecule has 4 fully saturated rings. The molecule has 0 aliphatic heterocycles. The van der Waals surface area contributed by atoms with Gasteiger partial charge in [-0.1, -0.05) is 54.5 Å². The summed E-state index contributed by atoms with van der Waals surface area (Å²) in [5.74, 6) is 2.05. The van der Waals surface area contributed by atoms with Crippen molar-refractivity contribution in [2.75, 3.05) is 6.26 Å². The molecule has 2 radical (unpaired) electrons. The highest BCUT2D eigenvalue weighted by atomic mass is 32.2. The van der Waals surface area contributed by atoms with Gasteiger partial charge in [-0.15, -0.1) is 0 Å². The lowest BCUT2D eigenvalue weighted by molar-refractivity contribution is -0.172. The highest BCUT2D eigenvalue weighted by Gasteiger charge is 2.72. The third-order valence-electron chi connectivity index (χ3n) is 12.2. The summed E-state index contributed by atoms with van der Waals surface area (Å²) in [6.45, 7) is 22.9. The summed E-state index contributed by atoms with van der Waals surface area (Å²) in [5, 5.41) is 0. The average molecular weight is 541 g/mol. The van der Waals surface area contributed by atoms with Crippen LogP contribution >= 0.6 is 0 Å². The predicted molar refractivity (Wildman–Crippen MR) is 148 cm³/mol. The lowest BCUT2D eigenvalue weighted by Crippen LogP contribution is -2.70. The van der Waals surface area contributed by atoms with Crippen LogP contribution in [0.15, 0.2) is 11.8 Å². The zero-order valence-electron chi connectivity index (χ0n) is 24.4. The highest BCUT2D eigenvalue weighted by Crippen LogP contribution is 2.75. The van der Waals surface area contributed by atoms with E-state index in [1.807, 2.05) is 19.9 Å². The minimum absolute atomic E-state index is 0.00620. The molecule has 0 amide bonds. The molecule has 6 atom stereocenters. The number of allylic oxidation sites excluding steroid dienone is 2. The lowest BCUT2D eigenvalue weighted by Gasteiger charge is -2.71. The number of nitrogens with one attached hydrogen (secondary N) is 1. The number of Topliss-reactive ketones (excluding diaryl/α,β-unsaturated/α-hetero) is 2. The third kappa shape index (κ3) is 3.61. The second-order valence-electron chi connectivity index (χ2n) is 15.2. The molecule has 5 aliphatic carbocycles. The Bertz CT molecular complexity index is 1270. The van der Waals surface area contributed by atoms with E-state index in [2.05, 4.69) is 44.2 Å². The molecule has 0 saturated heterocycles. The van der Waals surface area contributed by atoms with Gasteiger partial charge in [-0.25, -0.2) is 18.0 Å². The van der Waals surface area contributed by atoms with Crippen LogP contribution in [0.4, 0.5) is 0 Å². The smallest absolute Gasteiger partial charge is 0.226 e. The van der Waals surface area contributed by atoms with Gasteiger partial charge >= 0.3 is 0 Å². The zero-order chi connectivity index (χ0) is 28.3. The number of hydrogen-bond acceptors (Lipinski definition) is 4. The molecule has 1 N–H and O–H groups in total. The molecular formula is C31H44N2O4S. The first-order valence-corrected chi connectivity index (χ1v) is 16.1. The van der Waals surface area contributed by atoms with Gasteiger partial charge in [0, 0.05) is 23.3 Å². The fraction of sp³-hybridized carbons (Fsp3) is 0.774. The molecule has 0 aromatic rings. The Balaban J connectivity index is 1.64. The summed E-state index contributed by atoms with van der Waals surface area (Å²) in [6.07, 6.45) is 9.08. The first-order valence-electron chi connectivity index (χ1n) is 14.2. The standard InChI is InChI=1S/C31H44N2O4S/c1-26(2)12-14-31(33-38(9,36)37)15-13-30(7)24(19(31)17-26)21(34)16-23-28(5)18-20(32-8)25(35)27(3,4)22(28)10-11-29(23,30)6/h18,22-23,33H,10-17H2,1-7,9H3/t22-,23+,28-,29+,30+,31-/m0/s1. The molecule has 4 saturated carbocycles. The van der Waals surface area contributed by atoms with Crippen molar-refractivity contribution in [3.63, 3.8) is 0 Å². The van der Waals surface area contributed by atoms with Gasteiger partial charge < -0.3 is 4.79 Å². The Labute approximate surface area is 229 Å². The predicted octanol–water partition coefficient (Wildman–Crippen LogP) is 5.86. The lowest BCUT2D eigenvalue weighted by atomic mass is 9.32. The minimum atomic E-state index is -3.47. The first-order chi connectivity index (χ1) is 17.3. The van der Waals surface area contributed by atoms with E-state index in [-0.39, 0.29) is 39.9 Å². The zero-order valence-corrected chi connectivity index (χ0v) is 25.2. The summed E-state index contributed by atoms with van der Waals surface area (Å²) < 4.78 is 28.2. The van der Waals surface area contributed by atoms with Crippen LogP contribution in [0.1, 0.15) is 99.8 Å². The van der Waals surface area contributed by atoms with Crippen LogP contribution in [0.5, 0.6) is 0 Å². The Morgan fingerprint density at radius 2 is 1.58 bits per heavy atom. The fourth-order valence-corrected chi connectivity index (χ4v) is 11.1. The van der Waals surface area contributed by atoms with Gasteiger partial charge in [0.05, 0.1) is 18.7 Å². The molecule has 5 aliphatic rings. The molecule has 0 aromatic heterocycles. The Kier molecular flexibility index (Phi) is 5.92. The SMILES string of the molecule is [C-]#[N+]C1=C[C@]2(C)[C@H]3CC(=O)[C]4[C]5CC(C)(C)CC[C@]5(NS(C)(=O)=O)CC[C@@]4(C)[C@]3(C)CC[C@H]2C(C)(C)C1=O. The van der Waals surface area contributed by atoms with Crippen LogP contribution in [-0.4, -0.2) is 31.8 Å². The molecular weight excluding hydrogens is 496 g/mol. The maximum atomic E-state index is 14.4. The Morgan fingerprint density at radius 1 is 0.947 bits per heavy atom. The van der Waals surface area contributed by atoms with Crippen LogP contribution in [-0.2, 0) is 19.6 Å². The maximum absolute atomic E-state index is 14.4. The van der Waals surface area contributed by atoms with Gasteiger partial charge in [0.25, 0.3) is 0 Å². The van der Waals surface area contributed by atoms with Gasteiger partial charge in [-0.3, -0.25) is 4.79 Å². The van der Waals surface area contributed by atoms with Crippen LogP contribution in [0.2, 0.25) is 0 Å². The molecule has 208 valence electrons. The molecule has 0 bridgehead atoms. The minimum Gasteiger partial charge on any atom is -0.307 e. The Morgan fingerprint density at radius 3 is 2.18 bits per heavy atom. The van der Waals surface area contributed by atoms with Crippen LogP contribution in [0.3, 0.4) is 0 Å². The molecule has 0 heterocycles. The molecule has 7 heteroatoms. The molecule has 0 spiro atoms. The van der Waals surface area contributed by atoms with E-state index in [9.17, 15) is 18.0 Å². The van der Waals surface area contributed by atoms with Gasteiger partial charge in [-0.2, -0.15) is 0 Å². The average Bonchev–Trinajstić information content (AvgIpc) is 2.78. The second-order valence-corrected chi connectivity index (χ2v) is 17.0. The molecule has 0 unspecified atom stereocenters. The van der Waals surface area contributed by atoms with E-state index >= 15 is 0 Å². The van der Waals surface area contributed by atoms with E-state index in [0.29, 0.717) is 19.3 Å². The second kappa shape index (κ2) is 8.03. The highest BCUT2D eigenvalue weighted by molar-refractivity contribution is 7.88. The number of fused-ring (bicyclic) bond motifs is 7. The molecule has 6 nitrogen and oxygen atoms in total. The first kappa shape index (κ1) is 28.0. The van der Waals surface area contributed by atoms with Crippen molar-refractivity contribution in [2.45, 2.75) is 105 Å². The van der Waals surface area contributed by atoms with Crippen molar-refractivity contribution in [2.24, 2.45) is 38.9 Å². The Hall–Kier alpha value is -1.52. The molecule has 38 heavy (non-hydrogen) atoms. The number of rotatable bonds is 2. The van der Waals surface area contributed by atoms with Crippen molar-refractivity contribution >= 4 is 21.6 Å². The van der Waals surface area contributed by atoms with Crippen molar-refractivity contribution in [1.29, 1.82) is 0 Å². The van der Waals surface area contributed by atoms with Crippen molar-refractivity contribution in [3.05, 3.63) is 35.0 Å². The normalized spacial score (nSPS) is 44.7. The number of nitrogens with zero attached hydrogens (tertiary/aromatic N) is 1. The van der Waals surface area contributed by atoms with Gasteiger partial charge in [0.1, 0.15) is 5.78 Å². The van der Waals surface area contributed by atoms with Crippen molar-refractivity contribution < 1.29 is 18.0 Å². The van der Waals surface area contributed by atoms with Gasteiger partial charge in [0.2, 0.25) is 15.7 Å². The number of carbonyl (C=O) groups excluding carboxylic acids is 2. The van der Waals surface area contributed by atoms with Gasteiger partial charge in [0.15, 0.2) is 5.78 Å². The summed E-state index contributed by atoms with van der Waals surface area (Å²) in [4.78, 5) is 31.3. The summed E-state index contributed by atoms with van der Waals surface area (Å²) >= 11 is 0. The topological polar surface area (TPSA) is 84.7 Å². The number of sulfonamides is 1. The summed E-state index contributed by atoms with van der Waals surface area (Å²) in [5.41, 5.74) is -2.18. The summed E-state index contributed by atoms with van der Waals surface area (Å²) in [7, 11) is -3.47. The van der Waals surface area contributed by atoms with Crippen LogP contribution < -0.4 is 4.72 Å². The largest absolute Gasteiger partial charge is 0.307 e. The van der Waals surface area contributed by atoms with Crippen molar-refractivity contribution in [3.8, 4) is 0 Å². The van der Waals surface area contributed by atoms with Gasteiger partial charge in [-0.05, 0) is 78.4 Å². The third-order valence-corrected chi connectivity index (χ3v) is 12.9. The molecule has 0 aromatic carbocycles.